The minimum atomic E-state index is -4.45. The minimum absolute atomic E-state index is 0.0370. The zero-order valence-electron chi connectivity index (χ0n) is 80.8. The first kappa shape index (κ1) is 99.0. The second-order valence-electron chi connectivity index (χ2n) is 38.2. The summed E-state index contributed by atoms with van der Waals surface area (Å²) in [5.74, 6) is -1.12. The van der Waals surface area contributed by atoms with Gasteiger partial charge < -0.3 is 19.4 Å². The third-order valence-electron chi connectivity index (χ3n) is 27.4. The molecule has 0 unspecified atom stereocenters. The number of esters is 2. The van der Waals surface area contributed by atoms with Crippen LogP contribution in [0.1, 0.15) is 186 Å². The Kier molecular flexibility index (Phi) is 27.6. The van der Waals surface area contributed by atoms with Crippen molar-refractivity contribution in [2.45, 2.75) is 210 Å². The number of carbonyl (C=O) groups is 3. The Bertz CT molecular complexity index is 6360. The van der Waals surface area contributed by atoms with Crippen LogP contribution < -0.4 is 14.7 Å². The summed E-state index contributed by atoms with van der Waals surface area (Å²) in [4.78, 5) is 36.3. The fourth-order valence-corrected chi connectivity index (χ4v) is 26.1. The van der Waals surface area contributed by atoms with E-state index in [-0.39, 0.29) is 57.5 Å². The van der Waals surface area contributed by atoms with Gasteiger partial charge in [0.05, 0.1) is 41.2 Å². The normalized spacial score (nSPS) is 18.5. The van der Waals surface area contributed by atoms with Crippen LogP contribution in [0.2, 0.25) is 0 Å². The van der Waals surface area contributed by atoms with Crippen molar-refractivity contribution >= 4 is 116 Å². The van der Waals surface area contributed by atoms with Gasteiger partial charge in [0.2, 0.25) is 22.7 Å². The molecule has 0 spiro atoms. The number of rotatable bonds is 11. The van der Waals surface area contributed by atoms with Crippen molar-refractivity contribution in [1.82, 2.24) is 0 Å². The van der Waals surface area contributed by atoms with Crippen LogP contribution in [0.25, 0.3) is 0 Å². The van der Waals surface area contributed by atoms with Gasteiger partial charge in [-0.3, -0.25) is 14.4 Å². The standard InChI is InChI=1S/C44H52N4.C18H26N2.2C14H14O4S2.C13H15NO.C4H6O3/c1-41(2)29-19-13-15-21-33(29)45(9)37(41)23-17-25-39-43(5,6)31-27-36-32(28-35(31)47(39)11)44(7,8)40(48(36)12)26-18-24-38-42(3,4)30-20-14-16-22-34(30)46(38)10;1-11-17(3,4)13-9-16-14(10-15(13)19(11)7)18(5,6)12(2)20(16)8;2*1-11-3-7-13(8-4-11)19(15,16)20(17,18)14-9-5-12(2)6-10-14;1-13(2)10-6-4-5-7-11(10)14(3)12(13)8-9-15;1-3(5)7-4(2)6/h13-28H,1-12H3;9-10H,1-8H3;2*3-10H,1-2H3;4-9H,1-3H3;1-2H3/q2*+2;;;;/b;;;;12-8+;. The predicted octanol–water partition coefficient (Wildman–Crippen LogP) is 20.7. The molecule has 0 radical (unpaired) electrons. The lowest BCUT2D eigenvalue weighted by Crippen LogP contribution is -2.26. The highest BCUT2D eigenvalue weighted by Crippen LogP contribution is 2.56. The van der Waals surface area contributed by atoms with Gasteiger partial charge >= 0.3 is 11.9 Å². The summed E-state index contributed by atoms with van der Waals surface area (Å²) < 4.78 is 111. The molecule has 682 valence electrons. The van der Waals surface area contributed by atoms with Crippen LogP contribution >= 0.6 is 0 Å². The zero-order chi connectivity index (χ0) is 96.4. The van der Waals surface area contributed by atoms with Gasteiger partial charge in [-0.2, -0.15) is 9.15 Å². The van der Waals surface area contributed by atoms with Gasteiger partial charge in [0.1, 0.15) is 34.5 Å². The largest absolute Gasteiger partial charge is 0.394 e. The number of fused-ring (bicyclic) bond motifs is 7. The van der Waals surface area contributed by atoms with Gasteiger partial charge in [-0.15, -0.1) is 0 Å². The summed E-state index contributed by atoms with van der Waals surface area (Å²) in [6, 6.07) is 58.5. The van der Waals surface area contributed by atoms with E-state index in [0.29, 0.717) is 0 Å². The summed E-state index contributed by atoms with van der Waals surface area (Å²) in [6.07, 6.45) is 16.3. The fraction of sp³-hybridized carbons (Fsp3) is 0.336. The molecule has 0 N–H and O–H groups in total. The van der Waals surface area contributed by atoms with Gasteiger partial charge in [0, 0.05) is 158 Å². The number of para-hydroxylation sites is 3. The van der Waals surface area contributed by atoms with Crippen molar-refractivity contribution in [1.29, 1.82) is 0 Å². The first-order valence-corrected chi connectivity index (χ1v) is 50.4. The Morgan fingerprint density at radius 2 is 0.577 bits per heavy atom. The molecule has 7 aliphatic rings. The molecule has 0 amide bonds. The lowest BCUT2D eigenvalue weighted by Gasteiger charge is -2.25. The lowest BCUT2D eigenvalue weighted by molar-refractivity contribution is -0.406. The van der Waals surface area contributed by atoms with Gasteiger partial charge in [-0.25, -0.2) is 42.8 Å². The van der Waals surface area contributed by atoms with E-state index in [1.54, 1.807) is 82.3 Å². The molecule has 9 aromatic carbocycles. The minimum Gasteiger partial charge on any atom is -0.394 e. The number of ether oxygens (including phenoxy) is 1. The average Bonchev–Trinajstić information content (AvgIpc) is 1.58. The van der Waals surface area contributed by atoms with Crippen molar-refractivity contribution in [2.24, 2.45) is 0 Å². The molecule has 0 atom stereocenters. The maximum Gasteiger partial charge on any atom is 0.310 e. The number of allylic oxidation sites excluding steroid dienone is 10. The molecule has 0 saturated carbocycles. The first-order valence-electron chi connectivity index (χ1n) is 43.5. The van der Waals surface area contributed by atoms with Gasteiger partial charge in [-0.1, -0.05) is 179 Å². The molecule has 9 aromatic rings. The molecule has 0 fully saturated rings. The number of benzene rings is 9. The van der Waals surface area contributed by atoms with Gasteiger partial charge in [0.25, 0.3) is 35.5 Å². The van der Waals surface area contributed by atoms with Gasteiger partial charge in [0.15, 0.2) is 22.8 Å². The van der Waals surface area contributed by atoms with Gasteiger partial charge in [-0.05, 0) is 185 Å². The van der Waals surface area contributed by atoms with Crippen LogP contribution in [0.4, 0.5) is 39.8 Å². The Hall–Kier alpha value is -11.6. The predicted molar refractivity (Wildman–Crippen MR) is 528 cm³/mol. The third-order valence-corrected chi connectivity index (χ3v) is 37.7. The van der Waals surface area contributed by atoms with Crippen LogP contribution in [0.5, 0.6) is 0 Å². The Balaban J connectivity index is 0.000000167. The van der Waals surface area contributed by atoms with Crippen molar-refractivity contribution in [3.05, 3.63) is 315 Å². The highest BCUT2D eigenvalue weighted by atomic mass is 33.2. The van der Waals surface area contributed by atoms with E-state index in [1.807, 2.05) is 19.2 Å². The van der Waals surface area contributed by atoms with Crippen molar-refractivity contribution in [3.8, 4) is 0 Å². The van der Waals surface area contributed by atoms with Crippen LogP contribution in [-0.4, -0.2) is 142 Å². The molecule has 0 aromatic heterocycles. The number of carbonyl (C=O) groups excluding carboxylic acids is 3. The maximum atomic E-state index is 12.3. The number of nitrogens with zero attached hydrogens (tertiary/aromatic N) is 7. The smallest absolute Gasteiger partial charge is 0.310 e. The molecule has 23 heteroatoms. The van der Waals surface area contributed by atoms with E-state index in [1.165, 1.54) is 175 Å². The summed E-state index contributed by atoms with van der Waals surface area (Å²) in [6.45, 7) is 46.4. The SMILES string of the molecule is CC(=O)OC(C)=O.CC1=[N+](C)c2cc3c(cc2C1(C)C)[N+](C)=C(C)C3(C)C.CN1/C(=C/C=O)C(C)(C)c2ccccc21.CN1C(=CC=CC2=[N+](C)c3ccccc3C2(C)C)C(C)(C)c2cc3c(cc21)C(C)(C)C(=CC=CC1=[N+](C)c2ccccc2C1(C)C)N3C.Cc1ccc(S(=O)(=O)S(=O)(=O)c2ccc(C)cc2)cc1.Cc1ccc(S(=O)(=O)S(=O)(=O)c2ccc(C)cc2)cc1. The van der Waals surface area contributed by atoms with Crippen molar-refractivity contribution in [3.63, 3.8) is 0 Å². The number of anilines is 3. The monoisotopic (exact) mass is 1830 g/mol. The summed E-state index contributed by atoms with van der Waals surface area (Å²) in [5.41, 5.74) is 31.3. The third kappa shape index (κ3) is 17.9. The van der Waals surface area contributed by atoms with E-state index in [9.17, 15) is 48.1 Å². The average molecular weight is 1830 g/mol. The molecule has 16 rings (SSSR count). The van der Waals surface area contributed by atoms with E-state index < -0.39 is 47.4 Å². The van der Waals surface area contributed by atoms with E-state index in [2.05, 4.69) is 312 Å². The summed E-state index contributed by atoms with van der Waals surface area (Å²) in [7, 11) is -2.57. The summed E-state index contributed by atoms with van der Waals surface area (Å²) in [5, 5.41) is 0. The van der Waals surface area contributed by atoms with Crippen LogP contribution in [0.15, 0.2) is 273 Å². The molecule has 19 nitrogen and oxygen atoms in total. The zero-order valence-corrected chi connectivity index (χ0v) is 84.0. The van der Waals surface area contributed by atoms with Crippen LogP contribution in [0, 0.1) is 27.7 Å². The number of likely N-dealkylation sites (N-methyl/N-ethyl adjacent to an activating group) is 3. The molecular weight excluding hydrogens is 1700 g/mol. The highest BCUT2D eigenvalue weighted by Gasteiger charge is 2.51. The van der Waals surface area contributed by atoms with Crippen molar-refractivity contribution in [2.75, 3.05) is 64.0 Å². The Morgan fingerprint density at radius 1 is 0.308 bits per heavy atom. The van der Waals surface area contributed by atoms with Crippen molar-refractivity contribution < 1.29 is 71.1 Å². The highest BCUT2D eigenvalue weighted by molar-refractivity contribution is 8.67. The Labute approximate surface area is 770 Å². The Morgan fingerprint density at radius 3 is 0.854 bits per heavy atom. The van der Waals surface area contributed by atoms with E-state index in [0.717, 1.165) is 34.2 Å². The molecule has 0 aliphatic carbocycles. The molecule has 0 bridgehead atoms. The molecule has 7 heterocycles. The molecule has 7 aliphatic heterocycles. The number of hydrogen-bond donors (Lipinski definition) is 0. The topological polar surface area (TPSA) is 219 Å². The fourth-order valence-electron chi connectivity index (χ4n) is 18.8. The van der Waals surface area contributed by atoms with E-state index >= 15 is 0 Å². The molecule has 130 heavy (non-hydrogen) atoms. The summed E-state index contributed by atoms with van der Waals surface area (Å²) >= 11 is 0. The molecular formula is C107H127N7O12S4+4. The number of aldehydes is 1. The van der Waals surface area contributed by atoms with Crippen LogP contribution in [0.3, 0.4) is 0 Å². The van der Waals surface area contributed by atoms with E-state index in [4.69, 9.17) is 0 Å². The van der Waals surface area contributed by atoms with Crippen LogP contribution in [-0.2, 0) is 92.5 Å². The maximum absolute atomic E-state index is 12.3. The molecule has 0 saturated heterocycles. The quantitative estimate of drug-likeness (QED) is 0.0294. The number of aryl methyl sites for hydroxylation is 4. The number of hydrogen-bond acceptors (Lipinski definition) is 15. The second-order valence-corrected chi connectivity index (χ2v) is 49.0. The second kappa shape index (κ2) is 36.3. The lowest BCUT2D eigenvalue weighted by atomic mass is 9.78. The first-order chi connectivity index (χ1) is 60.3.